The molecule has 3 aromatic rings. The van der Waals surface area contributed by atoms with Crippen molar-refractivity contribution in [2.45, 2.75) is 5.33 Å². The van der Waals surface area contributed by atoms with Gasteiger partial charge in [0, 0.05) is 23.9 Å². The van der Waals surface area contributed by atoms with Crippen LogP contribution in [0.3, 0.4) is 0 Å². The van der Waals surface area contributed by atoms with Gasteiger partial charge in [-0.05, 0) is 17.7 Å². The smallest absolute Gasteiger partial charge is 0.268 e. The fourth-order valence-electron chi connectivity index (χ4n) is 2.44. The summed E-state index contributed by atoms with van der Waals surface area (Å²) in [5, 5.41) is 0.990. The first-order chi connectivity index (χ1) is 10.2. The lowest BCUT2D eigenvalue weighted by Crippen LogP contribution is -2.22. The summed E-state index contributed by atoms with van der Waals surface area (Å²) >= 11 is 3.33. The van der Waals surface area contributed by atoms with Gasteiger partial charge in [-0.1, -0.05) is 15.9 Å². The van der Waals surface area contributed by atoms with Crippen molar-refractivity contribution in [3.8, 4) is 5.69 Å². The minimum Gasteiger partial charge on any atom is -0.285 e. The van der Waals surface area contributed by atoms with Crippen LogP contribution in [0.1, 0.15) is 21.7 Å². The van der Waals surface area contributed by atoms with Gasteiger partial charge in [0.1, 0.15) is 0 Å². The van der Waals surface area contributed by atoms with Crippen molar-refractivity contribution in [2.75, 3.05) is 0 Å². The highest BCUT2D eigenvalue weighted by Gasteiger charge is 2.30. The maximum absolute atomic E-state index is 12.7. The lowest BCUT2D eigenvalue weighted by Gasteiger charge is -2.05. The Balaban J connectivity index is 2.15. The SMILES string of the molecule is O=C1c2cnccc2-n2c1nc1ncc(CBr)cc1c2=O. The number of fused-ring (bicyclic) bond motifs is 4. The molecule has 1 aliphatic rings. The highest BCUT2D eigenvalue weighted by Crippen LogP contribution is 2.24. The molecule has 0 saturated carbocycles. The quantitative estimate of drug-likeness (QED) is 0.491. The Morgan fingerprint density at radius 3 is 2.90 bits per heavy atom. The minimum atomic E-state index is -0.302. The van der Waals surface area contributed by atoms with Gasteiger partial charge in [0.2, 0.25) is 5.78 Å². The van der Waals surface area contributed by atoms with E-state index in [1.54, 1.807) is 24.5 Å². The van der Waals surface area contributed by atoms with Gasteiger partial charge in [-0.2, -0.15) is 0 Å². The molecule has 0 fully saturated rings. The molecular formula is C14H7BrN4O2. The van der Waals surface area contributed by atoms with Crippen molar-refractivity contribution >= 4 is 32.7 Å². The third-order valence-electron chi connectivity index (χ3n) is 3.42. The molecule has 0 aromatic carbocycles. The third kappa shape index (κ3) is 1.61. The molecule has 1 aliphatic heterocycles. The molecule has 0 amide bonds. The van der Waals surface area contributed by atoms with Gasteiger partial charge in [-0.15, -0.1) is 0 Å². The summed E-state index contributed by atoms with van der Waals surface area (Å²) < 4.78 is 1.33. The van der Waals surface area contributed by atoms with E-state index in [0.717, 1.165) is 5.56 Å². The summed E-state index contributed by atoms with van der Waals surface area (Å²) in [4.78, 5) is 37.3. The Morgan fingerprint density at radius 1 is 1.24 bits per heavy atom. The Kier molecular flexibility index (Phi) is 2.52. The normalized spacial score (nSPS) is 12.5. The van der Waals surface area contributed by atoms with Gasteiger partial charge in [-0.3, -0.25) is 19.1 Å². The molecule has 0 radical (unpaired) electrons. The number of nitrogens with zero attached hydrogens (tertiary/aromatic N) is 4. The fraction of sp³-hybridized carbons (Fsp3) is 0.0714. The van der Waals surface area contributed by atoms with Gasteiger partial charge < -0.3 is 0 Å². The van der Waals surface area contributed by atoms with Gasteiger partial charge in [-0.25, -0.2) is 9.97 Å². The second-order valence-electron chi connectivity index (χ2n) is 4.65. The molecule has 4 rings (SSSR count). The average Bonchev–Trinajstić information content (AvgIpc) is 2.81. The first kappa shape index (κ1) is 12.3. The average molecular weight is 343 g/mol. The molecule has 6 nitrogen and oxygen atoms in total. The Bertz CT molecular complexity index is 980. The summed E-state index contributed by atoms with van der Waals surface area (Å²) in [7, 11) is 0. The topological polar surface area (TPSA) is 77.7 Å². The van der Waals surface area contributed by atoms with Gasteiger partial charge in [0.25, 0.3) is 5.56 Å². The predicted molar refractivity (Wildman–Crippen MR) is 79.0 cm³/mol. The first-order valence-electron chi connectivity index (χ1n) is 6.17. The van der Waals surface area contributed by atoms with Gasteiger partial charge in [0.05, 0.1) is 16.6 Å². The van der Waals surface area contributed by atoms with Crippen LogP contribution >= 0.6 is 15.9 Å². The molecule has 7 heteroatoms. The molecule has 102 valence electrons. The number of hydrogen-bond donors (Lipinski definition) is 0. The maximum Gasteiger partial charge on any atom is 0.268 e. The van der Waals surface area contributed by atoms with E-state index in [0.29, 0.717) is 22.0 Å². The summed E-state index contributed by atoms with van der Waals surface area (Å²) in [6.45, 7) is 0. The summed E-state index contributed by atoms with van der Waals surface area (Å²) in [6, 6.07) is 3.38. The number of pyridine rings is 2. The second kappa shape index (κ2) is 4.29. The van der Waals surface area contributed by atoms with E-state index in [4.69, 9.17) is 0 Å². The van der Waals surface area contributed by atoms with E-state index >= 15 is 0 Å². The van der Waals surface area contributed by atoms with Crippen molar-refractivity contribution in [3.63, 3.8) is 0 Å². The fourth-order valence-corrected chi connectivity index (χ4v) is 2.75. The largest absolute Gasteiger partial charge is 0.285 e. The van der Waals surface area contributed by atoms with Crippen LogP contribution in [0.25, 0.3) is 16.7 Å². The van der Waals surface area contributed by atoms with E-state index < -0.39 is 0 Å². The Morgan fingerprint density at radius 2 is 2.10 bits per heavy atom. The van der Waals surface area contributed by atoms with Crippen LogP contribution in [0.2, 0.25) is 0 Å². The molecule has 0 aliphatic carbocycles. The lowest BCUT2D eigenvalue weighted by atomic mass is 10.2. The monoisotopic (exact) mass is 342 g/mol. The van der Waals surface area contributed by atoms with Crippen LogP contribution in [0.4, 0.5) is 0 Å². The van der Waals surface area contributed by atoms with Crippen molar-refractivity contribution in [1.82, 2.24) is 19.5 Å². The van der Waals surface area contributed by atoms with Gasteiger partial charge >= 0.3 is 0 Å². The molecule has 0 N–H and O–H groups in total. The highest BCUT2D eigenvalue weighted by atomic mass is 79.9. The van der Waals surface area contributed by atoms with Crippen LogP contribution in [0.5, 0.6) is 0 Å². The van der Waals surface area contributed by atoms with E-state index in [1.807, 2.05) is 0 Å². The summed E-state index contributed by atoms with van der Waals surface area (Å²) in [5.74, 6) is -0.210. The van der Waals surface area contributed by atoms with Crippen molar-refractivity contribution in [2.24, 2.45) is 0 Å². The minimum absolute atomic E-state index is 0.0922. The van der Waals surface area contributed by atoms with E-state index in [-0.39, 0.29) is 22.8 Å². The Labute approximate surface area is 126 Å². The van der Waals surface area contributed by atoms with Crippen LogP contribution in [-0.4, -0.2) is 25.3 Å². The van der Waals surface area contributed by atoms with Crippen LogP contribution in [0.15, 0.2) is 35.5 Å². The lowest BCUT2D eigenvalue weighted by molar-refractivity contribution is 0.103. The molecule has 3 aromatic heterocycles. The summed E-state index contributed by atoms with van der Waals surface area (Å²) in [6.07, 6.45) is 4.63. The van der Waals surface area contributed by atoms with E-state index in [1.165, 1.54) is 10.8 Å². The van der Waals surface area contributed by atoms with Gasteiger partial charge in [0.15, 0.2) is 11.5 Å². The zero-order chi connectivity index (χ0) is 14.6. The number of hydrogen-bond acceptors (Lipinski definition) is 5. The zero-order valence-corrected chi connectivity index (χ0v) is 12.2. The maximum atomic E-state index is 12.7. The first-order valence-corrected chi connectivity index (χ1v) is 7.29. The summed E-state index contributed by atoms with van der Waals surface area (Å²) in [5.41, 5.74) is 1.78. The van der Waals surface area contributed by atoms with Crippen molar-refractivity contribution in [1.29, 1.82) is 0 Å². The standard InChI is InChI=1S/C14H7BrN4O2/c15-4-7-3-8-12(17-5-7)18-13-11(20)9-6-16-2-1-10(9)19(13)14(8)21/h1-3,5-6H,4H2. The third-order valence-corrected chi connectivity index (χ3v) is 4.07. The number of halogens is 1. The second-order valence-corrected chi connectivity index (χ2v) is 5.21. The highest BCUT2D eigenvalue weighted by molar-refractivity contribution is 9.08. The van der Waals surface area contributed by atoms with Crippen LogP contribution in [0, 0.1) is 0 Å². The van der Waals surface area contributed by atoms with Crippen molar-refractivity contribution in [3.05, 3.63) is 58.0 Å². The molecule has 0 spiro atoms. The number of ketones is 1. The molecular weight excluding hydrogens is 336 g/mol. The zero-order valence-electron chi connectivity index (χ0n) is 10.6. The molecule has 0 unspecified atom stereocenters. The number of rotatable bonds is 1. The van der Waals surface area contributed by atoms with E-state index in [9.17, 15) is 9.59 Å². The van der Waals surface area contributed by atoms with Crippen LogP contribution in [-0.2, 0) is 5.33 Å². The van der Waals surface area contributed by atoms with Crippen molar-refractivity contribution < 1.29 is 4.79 Å². The number of carbonyl (C=O) groups excluding carboxylic acids is 1. The molecule has 21 heavy (non-hydrogen) atoms. The molecule has 0 saturated heterocycles. The molecule has 4 heterocycles. The molecule has 0 atom stereocenters. The number of aromatic nitrogens is 4. The Hall–Kier alpha value is -2.41. The molecule has 0 bridgehead atoms. The predicted octanol–water partition coefficient (Wildman–Crippen LogP) is 1.61. The van der Waals surface area contributed by atoms with Crippen LogP contribution < -0.4 is 5.56 Å². The number of alkyl halides is 1. The van der Waals surface area contributed by atoms with E-state index in [2.05, 4.69) is 30.9 Å². The number of carbonyl (C=O) groups is 1.